The van der Waals surface area contributed by atoms with Gasteiger partial charge < -0.3 is 0 Å². The van der Waals surface area contributed by atoms with Crippen LogP contribution in [0.4, 0.5) is 0 Å². The summed E-state index contributed by atoms with van der Waals surface area (Å²) in [6, 6.07) is 18.9. The Labute approximate surface area is 107 Å². The van der Waals surface area contributed by atoms with Crippen molar-refractivity contribution in [3.8, 4) is 0 Å². The zero-order valence-corrected chi connectivity index (χ0v) is 11.2. The number of para-hydroxylation sites is 1. The molecule has 1 nitrogen and oxygen atoms in total. The van der Waals surface area contributed by atoms with Gasteiger partial charge in [-0.2, -0.15) is 0 Å². The average molecular weight is 287 g/mol. The van der Waals surface area contributed by atoms with Crippen LogP contribution in [0.3, 0.4) is 0 Å². The molecule has 0 N–H and O–H groups in total. The summed E-state index contributed by atoms with van der Waals surface area (Å²) in [4.78, 5) is 0. The van der Waals surface area contributed by atoms with Gasteiger partial charge in [0, 0.05) is 0 Å². The quantitative estimate of drug-likeness (QED) is 0.660. The van der Waals surface area contributed by atoms with Crippen molar-refractivity contribution in [3.63, 3.8) is 0 Å². The molecule has 3 rings (SSSR count). The number of aryl methyl sites for hydroxylation is 1. The summed E-state index contributed by atoms with van der Waals surface area (Å²) in [7, 11) is 0. The summed E-state index contributed by atoms with van der Waals surface area (Å²) in [6.07, 6.45) is 0. The number of furan rings is 1. The van der Waals surface area contributed by atoms with Crippen LogP contribution in [-0.2, 0) is 0 Å². The number of fused-ring (bicyclic) bond motifs is 1. The van der Waals surface area contributed by atoms with Crippen molar-refractivity contribution in [2.24, 2.45) is 0 Å². The van der Waals surface area contributed by atoms with Crippen LogP contribution < -0.4 is 9.12 Å². The van der Waals surface area contributed by atoms with Crippen molar-refractivity contribution < 1.29 is 4.42 Å². The van der Waals surface area contributed by atoms with E-state index in [9.17, 15) is 0 Å². The molecular weight excluding hydrogens is 275 g/mol. The molecule has 2 heteroatoms. The van der Waals surface area contributed by atoms with Crippen molar-refractivity contribution in [2.45, 2.75) is 6.92 Å². The molecule has 17 heavy (non-hydrogen) atoms. The van der Waals surface area contributed by atoms with Crippen LogP contribution in [0.5, 0.6) is 0 Å². The summed E-state index contributed by atoms with van der Waals surface area (Å²) < 4.78 is 8.28. The van der Waals surface area contributed by atoms with E-state index in [2.05, 4.69) is 43.3 Å². The van der Waals surface area contributed by atoms with Crippen LogP contribution in [0.1, 0.15) is 5.56 Å². The van der Waals surface area contributed by atoms with Gasteiger partial charge in [-0.3, -0.25) is 0 Å². The normalized spacial score (nSPS) is 10.9. The molecule has 1 heterocycles. The third-order valence-electron chi connectivity index (χ3n) is 2.61. The van der Waals surface area contributed by atoms with Crippen LogP contribution in [0.15, 0.2) is 59.0 Å². The predicted molar refractivity (Wildman–Crippen MR) is 72.4 cm³/mol. The van der Waals surface area contributed by atoms with Crippen molar-refractivity contribution in [3.05, 3.63) is 60.2 Å². The van der Waals surface area contributed by atoms with Crippen LogP contribution in [0.25, 0.3) is 11.0 Å². The van der Waals surface area contributed by atoms with Gasteiger partial charge in [0.2, 0.25) is 0 Å². The van der Waals surface area contributed by atoms with Gasteiger partial charge in [0.25, 0.3) is 0 Å². The number of hydrogen-bond acceptors (Lipinski definition) is 1. The first-order valence-electron chi connectivity index (χ1n) is 5.54. The van der Waals surface area contributed by atoms with Gasteiger partial charge in [-0.15, -0.1) is 0 Å². The van der Waals surface area contributed by atoms with E-state index < -0.39 is 0 Å². The molecule has 0 aliphatic carbocycles. The van der Waals surface area contributed by atoms with Gasteiger partial charge in [0.05, 0.1) is 0 Å². The van der Waals surface area contributed by atoms with E-state index in [4.69, 9.17) is 4.42 Å². The fraction of sp³-hybridized carbons (Fsp3) is 0.0667. The Morgan fingerprint density at radius 2 is 1.82 bits per heavy atom. The van der Waals surface area contributed by atoms with Crippen molar-refractivity contribution in [2.75, 3.05) is 0 Å². The fourth-order valence-corrected chi connectivity index (χ4v) is 3.78. The molecule has 0 amide bonds. The molecule has 0 spiro atoms. The van der Waals surface area contributed by atoms with Crippen molar-refractivity contribution >= 4 is 35.0 Å². The molecule has 0 saturated heterocycles. The van der Waals surface area contributed by atoms with Gasteiger partial charge in [-0.05, 0) is 0 Å². The first-order chi connectivity index (χ1) is 8.31. The van der Waals surface area contributed by atoms with Gasteiger partial charge >= 0.3 is 107 Å². The second kappa shape index (κ2) is 4.40. The van der Waals surface area contributed by atoms with Crippen molar-refractivity contribution in [1.29, 1.82) is 0 Å². The standard InChI is InChI=1S/C15H12OSe/c1-11-5-4-7-13(9-11)17-15-10-12-6-2-3-8-14(12)16-15/h2-10H,1H3. The molecule has 0 aliphatic heterocycles. The minimum absolute atomic E-state index is 0.255. The number of rotatable bonds is 2. The van der Waals surface area contributed by atoms with E-state index in [0.717, 1.165) is 10.2 Å². The maximum absolute atomic E-state index is 5.84. The van der Waals surface area contributed by atoms with Crippen LogP contribution in [-0.4, -0.2) is 15.0 Å². The Hall–Kier alpha value is -1.50. The Kier molecular flexibility index (Phi) is 2.76. The minimum atomic E-state index is 0.255. The molecule has 84 valence electrons. The zero-order valence-electron chi connectivity index (χ0n) is 9.51. The number of benzene rings is 2. The van der Waals surface area contributed by atoms with Crippen molar-refractivity contribution in [1.82, 2.24) is 0 Å². The topological polar surface area (TPSA) is 13.1 Å². The molecule has 1 aromatic heterocycles. The Bertz CT molecular complexity index is 622. The molecule has 0 radical (unpaired) electrons. The van der Waals surface area contributed by atoms with Crippen LogP contribution in [0, 0.1) is 6.92 Å². The Morgan fingerprint density at radius 1 is 0.941 bits per heavy atom. The van der Waals surface area contributed by atoms with E-state index in [1.165, 1.54) is 15.4 Å². The molecule has 0 atom stereocenters. The van der Waals surface area contributed by atoms with E-state index in [-0.39, 0.29) is 15.0 Å². The molecule has 0 fully saturated rings. The second-order valence-electron chi connectivity index (χ2n) is 4.02. The summed E-state index contributed by atoms with van der Waals surface area (Å²) in [5, 5.41) is 1.19. The van der Waals surface area contributed by atoms with Gasteiger partial charge in [-0.1, -0.05) is 0 Å². The third kappa shape index (κ3) is 2.28. The Balaban J connectivity index is 1.94. The van der Waals surface area contributed by atoms with Crippen LogP contribution in [0.2, 0.25) is 0 Å². The molecule has 0 bridgehead atoms. The first-order valence-corrected chi connectivity index (χ1v) is 7.26. The van der Waals surface area contributed by atoms with E-state index in [1.807, 2.05) is 18.2 Å². The summed E-state index contributed by atoms with van der Waals surface area (Å²) in [5.41, 5.74) is 2.29. The Morgan fingerprint density at radius 3 is 2.65 bits per heavy atom. The molecule has 2 aromatic carbocycles. The van der Waals surface area contributed by atoms with E-state index in [1.54, 1.807) is 0 Å². The summed E-state index contributed by atoms with van der Waals surface area (Å²) >= 11 is 0.255. The second-order valence-corrected chi connectivity index (χ2v) is 6.28. The van der Waals surface area contributed by atoms with Gasteiger partial charge in [-0.25, -0.2) is 0 Å². The van der Waals surface area contributed by atoms with Gasteiger partial charge in [0.1, 0.15) is 0 Å². The molecule has 0 unspecified atom stereocenters. The molecule has 3 aromatic rings. The molecule has 0 aliphatic rings. The van der Waals surface area contributed by atoms with Gasteiger partial charge in [0.15, 0.2) is 0 Å². The fourth-order valence-electron chi connectivity index (χ4n) is 1.80. The van der Waals surface area contributed by atoms with Crippen LogP contribution >= 0.6 is 0 Å². The SMILES string of the molecule is Cc1cccc([Se]c2cc3ccccc3o2)c1. The van der Waals surface area contributed by atoms with E-state index >= 15 is 0 Å². The van der Waals surface area contributed by atoms with E-state index in [0.29, 0.717) is 0 Å². The monoisotopic (exact) mass is 288 g/mol. The number of hydrogen-bond donors (Lipinski definition) is 0. The first kappa shape index (κ1) is 10.6. The predicted octanol–water partition coefficient (Wildman–Crippen LogP) is 2.40. The summed E-state index contributed by atoms with van der Waals surface area (Å²) in [5.74, 6) is 0. The maximum atomic E-state index is 5.84. The third-order valence-corrected chi connectivity index (χ3v) is 4.48. The summed E-state index contributed by atoms with van der Waals surface area (Å²) in [6.45, 7) is 2.12. The zero-order chi connectivity index (χ0) is 11.7. The average Bonchev–Trinajstić information content (AvgIpc) is 2.71. The molecule has 0 saturated carbocycles. The molecular formula is C15H12OSe.